The molecule has 0 spiro atoms. The largest absolute Gasteiger partial charge is 0.573 e. The molecule has 0 aliphatic rings. The van der Waals surface area contributed by atoms with Gasteiger partial charge in [0.25, 0.3) is 5.91 Å². The van der Waals surface area contributed by atoms with E-state index in [1.54, 1.807) is 0 Å². The van der Waals surface area contributed by atoms with E-state index in [2.05, 4.69) is 22.7 Å². The molecule has 0 bridgehead atoms. The van der Waals surface area contributed by atoms with Gasteiger partial charge in [0.1, 0.15) is 12.4 Å². The van der Waals surface area contributed by atoms with Gasteiger partial charge in [0.05, 0.1) is 6.04 Å². The van der Waals surface area contributed by atoms with Gasteiger partial charge >= 0.3 is 6.36 Å². The van der Waals surface area contributed by atoms with E-state index in [1.807, 2.05) is 0 Å². The number of halogens is 3. The Bertz CT molecular complexity index is 504. The number of hydrogen-bond acceptors (Lipinski definition) is 5. The normalized spacial score (nSPS) is 12.6. The van der Waals surface area contributed by atoms with Crippen molar-refractivity contribution in [3.8, 4) is 5.75 Å². The highest BCUT2D eigenvalue weighted by Crippen LogP contribution is 2.22. The summed E-state index contributed by atoms with van der Waals surface area (Å²) < 4.78 is 39.6. The first-order valence-electron chi connectivity index (χ1n) is 5.68. The fourth-order valence-corrected chi connectivity index (χ4v) is 1.68. The van der Waals surface area contributed by atoms with Crippen LogP contribution in [0.25, 0.3) is 0 Å². The van der Waals surface area contributed by atoms with Gasteiger partial charge in [-0.2, -0.15) is 12.6 Å². The highest BCUT2D eigenvalue weighted by molar-refractivity contribution is 7.80. The van der Waals surface area contributed by atoms with Crippen LogP contribution in [0.5, 0.6) is 5.75 Å². The molecule has 0 saturated heterocycles. The first-order valence-corrected chi connectivity index (χ1v) is 6.31. The highest BCUT2D eigenvalue weighted by atomic mass is 32.1. The Labute approximate surface area is 123 Å². The van der Waals surface area contributed by atoms with E-state index in [0.29, 0.717) is 0 Å². The summed E-state index contributed by atoms with van der Waals surface area (Å²) in [7, 11) is 0. The van der Waals surface area contributed by atoms with Gasteiger partial charge in [-0.1, -0.05) is 0 Å². The van der Waals surface area contributed by atoms with Crippen molar-refractivity contribution < 1.29 is 32.6 Å². The topological polar surface area (TPSA) is 75.6 Å². The zero-order valence-corrected chi connectivity index (χ0v) is 11.4. The van der Waals surface area contributed by atoms with Crippen LogP contribution in [0.3, 0.4) is 0 Å². The molecule has 1 amide bonds. The Morgan fingerprint density at radius 2 is 1.86 bits per heavy atom. The smallest absolute Gasteiger partial charge is 0.406 e. The summed E-state index contributed by atoms with van der Waals surface area (Å²) in [4.78, 5) is 23.1. The monoisotopic (exact) mass is 323 g/mol. The molecule has 0 fully saturated rings. The van der Waals surface area contributed by atoms with E-state index < -0.39 is 36.5 Å². The second-order valence-corrected chi connectivity index (χ2v) is 4.27. The van der Waals surface area contributed by atoms with Crippen LogP contribution < -0.4 is 10.1 Å². The summed E-state index contributed by atoms with van der Waals surface area (Å²) in [5.41, 5.74) is 0.0436. The maximum absolute atomic E-state index is 12.0. The van der Waals surface area contributed by atoms with Gasteiger partial charge in [-0.05, 0) is 24.3 Å². The van der Waals surface area contributed by atoms with Crippen molar-refractivity contribution >= 4 is 24.3 Å². The zero-order chi connectivity index (χ0) is 16.0. The fourth-order valence-electron chi connectivity index (χ4n) is 1.39. The number of alkyl halides is 3. The van der Waals surface area contributed by atoms with Crippen LogP contribution in [0, 0.1) is 0 Å². The maximum Gasteiger partial charge on any atom is 0.573 e. The molecule has 21 heavy (non-hydrogen) atoms. The van der Waals surface area contributed by atoms with Crippen LogP contribution in [0.15, 0.2) is 24.3 Å². The van der Waals surface area contributed by atoms with E-state index in [4.69, 9.17) is 5.11 Å². The number of rotatable bonds is 6. The average Bonchev–Trinajstić information content (AvgIpc) is 2.42. The Kier molecular flexibility index (Phi) is 6.03. The SMILES string of the molecule is O=C(N[C@@H](CS)C(=O)CO)c1ccc(OC(F)(F)F)cc1. The summed E-state index contributed by atoms with van der Waals surface area (Å²) in [6.45, 7) is -0.746. The lowest BCUT2D eigenvalue weighted by Gasteiger charge is -2.14. The van der Waals surface area contributed by atoms with Crippen LogP contribution in [-0.2, 0) is 4.79 Å². The van der Waals surface area contributed by atoms with Crippen molar-refractivity contribution in [3.63, 3.8) is 0 Å². The van der Waals surface area contributed by atoms with Crippen LogP contribution in [0.1, 0.15) is 10.4 Å². The molecular weight excluding hydrogens is 311 g/mol. The summed E-state index contributed by atoms with van der Waals surface area (Å²) in [5, 5.41) is 11.0. The lowest BCUT2D eigenvalue weighted by Crippen LogP contribution is -2.43. The zero-order valence-electron chi connectivity index (χ0n) is 10.6. The van der Waals surface area contributed by atoms with Crippen LogP contribution in [-0.4, -0.2) is 41.6 Å². The summed E-state index contributed by atoms with van der Waals surface area (Å²) in [5.74, 6) is -1.76. The van der Waals surface area contributed by atoms with Gasteiger partial charge in [-0.25, -0.2) is 0 Å². The van der Waals surface area contributed by atoms with Crippen molar-refractivity contribution in [3.05, 3.63) is 29.8 Å². The number of aliphatic hydroxyl groups excluding tert-OH is 1. The molecule has 1 rings (SSSR count). The predicted molar refractivity (Wildman–Crippen MR) is 70.3 cm³/mol. The number of thiol groups is 1. The highest BCUT2D eigenvalue weighted by Gasteiger charge is 2.31. The Balaban J connectivity index is 2.73. The number of nitrogens with one attached hydrogen (secondary N) is 1. The van der Waals surface area contributed by atoms with Gasteiger partial charge < -0.3 is 15.2 Å². The third kappa shape index (κ3) is 5.64. The van der Waals surface area contributed by atoms with E-state index in [0.717, 1.165) is 24.3 Å². The molecule has 0 aromatic heterocycles. The molecule has 0 saturated carbocycles. The quantitative estimate of drug-likeness (QED) is 0.687. The fraction of sp³-hybridized carbons (Fsp3) is 0.333. The molecule has 0 aliphatic heterocycles. The summed E-state index contributed by atoms with van der Waals surface area (Å²) in [6.07, 6.45) is -4.81. The average molecular weight is 323 g/mol. The van der Waals surface area contributed by atoms with Gasteiger partial charge in [-0.3, -0.25) is 9.59 Å². The molecule has 1 atom stereocenters. The van der Waals surface area contributed by atoms with Crippen molar-refractivity contribution in [1.82, 2.24) is 5.32 Å². The van der Waals surface area contributed by atoms with Crippen molar-refractivity contribution in [2.24, 2.45) is 0 Å². The summed E-state index contributed by atoms with van der Waals surface area (Å²) >= 11 is 3.87. The molecule has 0 aliphatic carbocycles. The van der Waals surface area contributed by atoms with Crippen molar-refractivity contribution in [2.75, 3.05) is 12.4 Å². The lowest BCUT2D eigenvalue weighted by molar-refractivity contribution is -0.274. The van der Waals surface area contributed by atoms with Crippen LogP contribution in [0.4, 0.5) is 13.2 Å². The van der Waals surface area contributed by atoms with E-state index in [9.17, 15) is 22.8 Å². The minimum absolute atomic E-state index is 0.0135. The standard InChI is InChI=1S/C12H12F3NO4S/c13-12(14,15)20-8-3-1-7(2-4-8)11(19)16-9(6-21)10(18)5-17/h1-4,9,17,21H,5-6H2,(H,16,19)/t9-/m0/s1. The number of ketones is 1. The first-order chi connectivity index (χ1) is 9.76. The van der Waals surface area contributed by atoms with Crippen molar-refractivity contribution in [1.29, 1.82) is 0 Å². The molecular formula is C12H12F3NO4S. The predicted octanol–water partition coefficient (Wildman–Crippen LogP) is 1.17. The minimum Gasteiger partial charge on any atom is -0.406 e. The number of benzene rings is 1. The third-order valence-corrected chi connectivity index (χ3v) is 2.75. The Hall–Kier alpha value is -1.74. The molecule has 0 heterocycles. The molecule has 116 valence electrons. The van der Waals surface area contributed by atoms with Gasteiger partial charge in [0.15, 0.2) is 5.78 Å². The lowest BCUT2D eigenvalue weighted by atomic mass is 10.1. The molecule has 5 nitrogen and oxygen atoms in total. The van der Waals surface area contributed by atoms with E-state index in [-0.39, 0.29) is 11.3 Å². The number of hydrogen-bond donors (Lipinski definition) is 3. The molecule has 9 heteroatoms. The van der Waals surface area contributed by atoms with Crippen molar-refractivity contribution in [2.45, 2.75) is 12.4 Å². The number of amides is 1. The minimum atomic E-state index is -4.81. The van der Waals surface area contributed by atoms with Gasteiger partial charge in [0, 0.05) is 11.3 Å². The molecule has 2 N–H and O–H groups in total. The Morgan fingerprint density at radius 3 is 2.29 bits per heavy atom. The number of Topliss-reactive ketones (excluding diaryl/α,β-unsaturated/α-hetero) is 1. The number of ether oxygens (including phenoxy) is 1. The molecule has 1 aromatic rings. The van der Waals surface area contributed by atoms with Crippen LogP contribution in [0.2, 0.25) is 0 Å². The second kappa shape index (κ2) is 7.32. The Morgan fingerprint density at radius 1 is 1.29 bits per heavy atom. The summed E-state index contributed by atoms with van der Waals surface area (Å²) in [6, 6.07) is 3.22. The van der Waals surface area contributed by atoms with E-state index in [1.165, 1.54) is 0 Å². The number of carbonyl (C=O) groups excluding carboxylic acids is 2. The van der Waals surface area contributed by atoms with Crippen LogP contribution >= 0.6 is 12.6 Å². The second-order valence-electron chi connectivity index (χ2n) is 3.91. The molecule has 0 unspecified atom stereocenters. The number of carbonyl (C=O) groups is 2. The van der Waals surface area contributed by atoms with Gasteiger partial charge in [0.2, 0.25) is 0 Å². The number of aliphatic hydroxyl groups is 1. The third-order valence-electron chi connectivity index (χ3n) is 2.38. The first kappa shape index (κ1) is 17.3. The van der Waals surface area contributed by atoms with Gasteiger partial charge in [-0.15, -0.1) is 13.2 Å². The molecule has 0 radical (unpaired) electrons. The van der Waals surface area contributed by atoms with E-state index >= 15 is 0 Å². The maximum atomic E-state index is 12.0. The molecule has 1 aromatic carbocycles.